The van der Waals surface area contributed by atoms with Crippen molar-refractivity contribution < 1.29 is 4.79 Å². The lowest BCUT2D eigenvalue weighted by atomic mass is 10.1. The van der Waals surface area contributed by atoms with E-state index in [9.17, 15) is 4.79 Å². The van der Waals surface area contributed by atoms with Gasteiger partial charge in [0.05, 0.1) is 18.1 Å². The Balaban J connectivity index is 1.62. The van der Waals surface area contributed by atoms with Crippen molar-refractivity contribution in [3.8, 4) is 11.3 Å². The Kier molecular flexibility index (Phi) is 5.83. The number of carbonyl (C=O) groups is 1. The average Bonchev–Trinajstić information content (AvgIpc) is 2.67. The van der Waals surface area contributed by atoms with Gasteiger partial charge in [0.25, 0.3) is 0 Å². The molecule has 1 saturated heterocycles. The second kappa shape index (κ2) is 8.27. The summed E-state index contributed by atoms with van der Waals surface area (Å²) < 4.78 is 0. The van der Waals surface area contributed by atoms with Gasteiger partial charge in [-0.15, -0.1) is 0 Å². The van der Waals surface area contributed by atoms with Crippen molar-refractivity contribution >= 4 is 11.7 Å². The first-order valence-electron chi connectivity index (χ1n) is 9.17. The predicted octanol–water partition coefficient (Wildman–Crippen LogP) is 2.31. The number of carbonyl (C=O) groups excluding carboxylic acids is 1. The summed E-state index contributed by atoms with van der Waals surface area (Å²) in [4.78, 5) is 25.0. The SMILES string of the molecule is CC(=O)NCc1ccc(-c2cnc(N3CCN(C(C)C)CC3)cn2)cc1. The molecular formula is C20H27N5O. The Morgan fingerprint density at radius 1 is 1.08 bits per heavy atom. The summed E-state index contributed by atoms with van der Waals surface area (Å²) in [6, 6.07) is 8.64. The third-order valence-electron chi connectivity index (χ3n) is 4.80. The quantitative estimate of drug-likeness (QED) is 0.894. The number of hydrogen-bond acceptors (Lipinski definition) is 5. The highest BCUT2D eigenvalue weighted by Crippen LogP contribution is 2.20. The normalized spacial score (nSPS) is 15.3. The molecule has 0 bridgehead atoms. The molecule has 1 fully saturated rings. The Morgan fingerprint density at radius 3 is 2.31 bits per heavy atom. The molecule has 1 aromatic carbocycles. The number of piperazine rings is 1. The minimum atomic E-state index is -0.0234. The van der Waals surface area contributed by atoms with Gasteiger partial charge in [0.15, 0.2) is 0 Å². The fourth-order valence-electron chi connectivity index (χ4n) is 3.12. The number of nitrogens with one attached hydrogen (secondary N) is 1. The molecule has 1 aromatic heterocycles. The Labute approximate surface area is 155 Å². The minimum absolute atomic E-state index is 0.0234. The minimum Gasteiger partial charge on any atom is -0.353 e. The highest BCUT2D eigenvalue weighted by molar-refractivity contribution is 5.72. The van der Waals surface area contributed by atoms with Crippen molar-refractivity contribution in [2.75, 3.05) is 31.1 Å². The fraction of sp³-hybridized carbons (Fsp3) is 0.450. The Morgan fingerprint density at radius 2 is 1.77 bits per heavy atom. The van der Waals surface area contributed by atoms with E-state index in [0.717, 1.165) is 48.8 Å². The summed E-state index contributed by atoms with van der Waals surface area (Å²) in [5, 5.41) is 2.80. The van der Waals surface area contributed by atoms with Gasteiger partial charge in [-0.3, -0.25) is 14.7 Å². The van der Waals surface area contributed by atoms with Crippen LogP contribution in [0.2, 0.25) is 0 Å². The van der Waals surface area contributed by atoms with Crippen LogP contribution in [0.1, 0.15) is 26.3 Å². The summed E-state index contributed by atoms with van der Waals surface area (Å²) in [6.45, 7) is 10.7. The molecule has 2 aromatic rings. The number of anilines is 1. The molecular weight excluding hydrogens is 326 g/mol. The van der Waals surface area contributed by atoms with E-state index >= 15 is 0 Å². The summed E-state index contributed by atoms with van der Waals surface area (Å²) in [5.41, 5.74) is 2.96. The largest absolute Gasteiger partial charge is 0.353 e. The van der Waals surface area contributed by atoms with E-state index in [1.807, 2.05) is 36.7 Å². The van der Waals surface area contributed by atoms with Crippen LogP contribution in [-0.4, -0.2) is 53.0 Å². The molecule has 0 unspecified atom stereocenters. The molecule has 1 aliphatic heterocycles. The van der Waals surface area contributed by atoms with Crippen LogP contribution >= 0.6 is 0 Å². The molecule has 0 spiro atoms. The van der Waals surface area contributed by atoms with Crippen LogP contribution in [0.4, 0.5) is 5.82 Å². The summed E-state index contributed by atoms with van der Waals surface area (Å²) >= 11 is 0. The first-order valence-corrected chi connectivity index (χ1v) is 9.17. The van der Waals surface area contributed by atoms with Gasteiger partial charge in [-0.1, -0.05) is 24.3 Å². The summed E-state index contributed by atoms with van der Waals surface area (Å²) in [7, 11) is 0. The maximum absolute atomic E-state index is 11.0. The monoisotopic (exact) mass is 353 g/mol. The summed E-state index contributed by atoms with van der Waals surface area (Å²) in [6.07, 6.45) is 3.71. The molecule has 0 saturated carbocycles. The van der Waals surface area contributed by atoms with Crippen LogP contribution in [-0.2, 0) is 11.3 Å². The molecule has 26 heavy (non-hydrogen) atoms. The Hall–Kier alpha value is -2.47. The summed E-state index contributed by atoms with van der Waals surface area (Å²) in [5.74, 6) is 0.921. The molecule has 6 heteroatoms. The molecule has 1 aliphatic rings. The van der Waals surface area contributed by atoms with Gasteiger partial charge in [0.1, 0.15) is 5.82 Å². The number of nitrogens with zero attached hydrogens (tertiary/aromatic N) is 4. The molecule has 3 rings (SSSR count). The van der Waals surface area contributed by atoms with E-state index in [1.165, 1.54) is 6.92 Å². The van der Waals surface area contributed by atoms with Crippen molar-refractivity contribution in [1.29, 1.82) is 0 Å². The van der Waals surface area contributed by atoms with E-state index in [-0.39, 0.29) is 5.91 Å². The molecule has 1 N–H and O–H groups in total. The zero-order valence-electron chi connectivity index (χ0n) is 15.8. The van der Waals surface area contributed by atoms with E-state index in [1.54, 1.807) is 0 Å². The van der Waals surface area contributed by atoms with Crippen molar-refractivity contribution in [3.05, 3.63) is 42.2 Å². The first kappa shape index (κ1) is 18.3. The van der Waals surface area contributed by atoms with Gasteiger partial charge in [-0.25, -0.2) is 4.98 Å². The van der Waals surface area contributed by atoms with Crippen LogP contribution in [0.5, 0.6) is 0 Å². The number of hydrogen-bond donors (Lipinski definition) is 1. The van der Waals surface area contributed by atoms with Gasteiger partial charge in [0, 0.05) is 51.3 Å². The zero-order chi connectivity index (χ0) is 18.5. The number of rotatable bonds is 5. The van der Waals surface area contributed by atoms with Crippen molar-refractivity contribution in [3.63, 3.8) is 0 Å². The molecule has 0 aliphatic carbocycles. The first-order chi connectivity index (χ1) is 12.5. The molecule has 0 radical (unpaired) electrons. The zero-order valence-corrected chi connectivity index (χ0v) is 15.8. The second-order valence-electron chi connectivity index (χ2n) is 6.98. The van der Waals surface area contributed by atoms with E-state index in [2.05, 4.69) is 38.9 Å². The van der Waals surface area contributed by atoms with Crippen LogP contribution < -0.4 is 10.2 Å². The van der Waals surface area contributed by atoms with Gasteiger partial charge >= 0.3 is 0 Å². The van der Waals surface area contributed by atoms with Crippen molar-refractivity contribution in [2.45, 2.75) is 33.4 Å². The van der Waals surface area contributed by atoms with Crippen molar-refractivity contribution in [1.82, 2.24) is 20.2 Å². The van der Waals surface area contributed by atoms with Crippen LogP contribution in [0.15, 0.2) is 36.7 Å². The number of benzene rings is 1. The topological polar surface area (TPSA) is 61.4 Å². The third kappa shape index (κ3) is 4.58. The molecule has 1 amide bonds. The van der Waals surface area contributed by atoms with Crippen LogP contribution in [0.25, 0.3) is 11.3 Å². The van der Waals surface area contributed by atoms with Gasteiger partial charge < -0.3 is 10.2 Å². The smallest absolute Gasteiger partial charge is 0.217 e. The second-order valence-corrected chi connectivity index (χ2v) is 6.98. The Bertz CT molecular complexity index is 719. The average molecular weight is 353 g/mol. The lowest BCUT2D eigenvalue weighted by Gasteiger charge is -2.37. The van der Waals surface area contributed by atoms with E-state index in [4.69, 9.17) is 0 Å². The van der Waals surface area contributed by atoms with E-state index < -0.39 is 0 Å². The maximum atomic E-state index is 11.0. The molecule has 6 nitrogen and oxygen atoms in total. The van der Waals surface area contributed by atoms with Gasteiger partial charge in [-0.05, 0) is 19.4 Å². The molecule has 0 atom stereocenters. The van der Waals surface area contributed by atoms with Crippen LogP contribution in [0.3, 0.4) is 0 Å². The maximum Gasteiger partial charge on any atom is 0.217 e. The predicted molar refractivity (Wildman–Crippen MR) is 104 cm³/mol. The van der Waals surface area contributed by atoms with E-state index in [0.29, 0.717) is 12.6 Å². The standard InChI is InChI=1S/C20H27N5O/c1-15(2)24-8-10-25(11-9-24)20-14-22-19(13-23-20)18-6-4-17(5-7-18)12-21-16(3)26/h4-7,13-15H,8-12H2,1-3H3,(H,21,26). The highest BCUT2D eigenvalue weighted by atomic mass is 16.1. The lowest BCUT2D eigenvalue weighted by Crippen LogP contribution is -2.49. The van der Waals surface area contributed by atoms with Gasteiger partial charge in [-0.2, -0.15) is 0 Å². The van der Waals surface area contributed by atoms with Crippen LogP contribution in [0, 0.1) is 0 Å². The number of amides is 1. The third-order valence-corrected chi connectivity index (χ3v) is 4.80. The van der Waals surface area contributed by atoms with Crippen molar-refractivity contribution in [2.24, 2.45) is 0 Å². The fourth-order valence-corrected chi connectivity index (χ4v) is 3.12. The molecule has 2 heterocycles. The highest BCUT2D eigenvalue weighted by Gasteiger charge is 2.19. The number of aromatic nitrogens is 2. The van der Waals surface area contributed by atoms with Gasteiger partial charge in [0.2, 0.25) is 5.91 Å². The lowest BCUT2D eigenvalue weighted by molar-refractivity contribution is -0.119. The molecule has 138 valence electrons.